The molecule has 1 heterocycles. The van der Waals surface area contributed by atoms with Gasteiger partial charge in [-0.1, -0.05) is 6.07 Å². The minimum Gasteiger partial charge on any atom is -0.497 e. The maximum absolute atomic E-state index is 13.3. The first kappa shape index (κ1) is 22.3. The standard InChI is InChI=1S/C20H21F3N2O4S/c1-28-13-5-7-14(8-6-13)29-15-9-11-25(12-10-15)30-17-4-2-3-16(20(21,22)23)18(17)19(26)24-27/h2-8,15,27H,9-12H2,1H3,(H,24,26). The summed E-state index contributed by atoms with van der Waals surface area (Å²) in [7, 11) is 1.59. The maximum Gasteiger partial charge on any atom is 0.417 e. The molecule has 0 radical (unpaired) electrons. The van der Waals surface area contributed by atoms with Crippen molar-refractivity contribution in [3.63, 3.8) is 0 Å². The minimum absolute atomic E-state index is 0.0167. The van der Waals surface area contributed by atoms with Gasteiger partial charge in [0.2, 0.25) is 0 Å². The largest absolute Gasteiger partial charge is 0.497 e. The molecule has 1 amide bonds. The lowest BCUT2D eigenvalue weighted by atomic mass is 10.1. The van der Waals surface area contributed by atoms with Crippen molar-refractivity contribution in [1.82, 2.24) is 9.79 Å². The Morgan fingerprint density at radius 2 is 1.77 bits per heavy atom. The van der Waals surface area contributed by atoms with Crippen LogP contribution in [-0.2, 0) is 6.18 Å². The van der Waals surface area contributed by atoms with Gasteiger partial charge in [0.1, 0.15) is 17.6 Å². The molecular formula is C20H21F3N2O4S. The second-order valence-electron chi connectivity index (χ2n) is 6.63. The molecule has 2 aromatic rings. The molecule has 0 bridgehead atoms. The van der Waals surface area contributed by atoms with E-state index in [4.69, 9.17) is 14.7 Å². The van der Waals surface area contributed by atoms with Gasteiger partial charge in [-0.2, -0.15) is 13.2 Å². The number of methoxy groups -OCH3 is 1. The molecule has 1 fully saturated rings. The molecule has 30 heavy (non-hydrogen) atoms. The second kappa shape index (κ2) is 9.59. The van der Waals surface area contributed by atoms with Crippen molar-refractivity contribution in [2.45, 2.75) is 30.0 Å². The van der Waals surface area contributed by atoms with Gasteiger partial charge in [0.15, 0.2) is 0 Å². The number of alkyl halides is 3. The third-order valence-electron chi connectivity index (χ3n) is 4.65. The smallest absolute Gasteiger partial charge is 0.417 e. The molecule has 0 spiro atoms. The first-order chi connectivity index (χ1) is 14.3. The Balaban J connectivity index is 1.65. The van der Waals surface area contributed by atoms with Crippen molar-refractivity contribution < 1.29 is 32.6 Å². The van der Waals surface area contributed by atoms with Crippen LogP contribution in [-0.4, -0.2) is 41.7 Å². The summed E-state index contributed by atoms with van der Waals surface area (Å²) in [6.07, 6.45) is -3.37. The average Bonchev–Trinajstić information content (AvgIpc) is 2.74. The summed E-state index contributed by atoms with van der Waals surface area (Å²) in [4.78, 5) is 12.1. The number of carbonyl (C=O) groups excluding carboxylic acids is 1. The van der Waals surface area contributed by atoms with E-state index in [1.165, 1.54) is 17.6 Å². The number of ether oxygens (including phenoxy) is 2. The number of hydrogen-bond donors (Lipinski definition) is 2. The lowest BCUT2D eigenvalue weighted by molar-refractivity contribution is -0.138. The molecule has 0 saturated carbocycles. The summed E-state index contributed by atoms with van der Waals surface area (Å²) < 4.78 is 52.9. The van der Waals surface area contributed by atoms with Crippen LogP contribution < -0.4 is 15.0 Å². The Bertz CT molecular complexity index is 869. The van der Waals surface area contributed by atoms with Crippen LogP contribution in [0.25, 0.3) is 0 Å². The molecule has 1 aliphatic heterocycles. The first-order valence-corrected chi connectivity index (χ1v) is 9.97. The third-order valence-corrected chi connectivity index (χ3v) is 5.81. The highest BCUT2D eigenvalue weighted by Gasteiger charge is 2.37. The van der Waals surface area contributed by atoms with Crippen LogP contribution in [0, 0.1) is 0 Å². The van der Waals surface area contributed by atoms with Crippen molar-refractivity contribution in [3.05, 3.63) is 53.6 Å². The number of nitrogens with one attached hydrogen (secondary N) is 1. The van der Waals surface area contributed by atoms with E-state index in [1.54, 1.807) is 7.11 Å². The van der Waals surface area contributed by atoms with Crippen LogP contribution in [0.2, 0.25) is 0 Å². The summed E-state index contributed by atoms with van der Waals surface area (Å²) in [5.41, 5.74) is -0.361. The Morgan fingerprint density at radius 3 is 2.33 bits per heavy atom. The predicted octanol–water partition coefficient (Wildman–Crippen LogP) is 4.38. The first-order valence-electron chi connectivity index (χ1n) is 9.20. The van der Waals surface area contributed by atoms with E-state index in [-0.39, 0.29) is 11.0 Å². The molecule has 3 rings (SSSR count). The third kappa shape index (κ3) is 5.38. The quantitative estimate of drug-likeness (QED) is 0.393. The number of halogens is 3. The van der Waals surface area contributed by atoms with Crippen LogP contribution in [0.5, 0.6) is 11.5 Å². The van der Waals surface area contributed by atoms with Crippen LogP contribution in [0.4, 0.5) is 13.2 Å². The number of hydroxylamine groups is 1. The molecule has 6 nitrogen and oxygen atoms in total. The van der Waals surface area contributed by atoms with E-state index in [0.29, 0.717) is 25.9 Å². The monoisotopic (exact) mass is 442 g/mol. The van der Waals surface area contributed by atoms with E-state index < -0.39 is 23.2 Å². The van der Waals surface area contributed by atoms with Crippen molar-refractivity contribution in [3.8, 4) is 11.5 Å². The Hall–Kier alpha value is -2.43. The van der Waals surface area contributed by atoms with Crippen LogP contribution in [0.3, 0.4) is 0 Å². The molecule has 0 atom stereocenters. The molecule has 1 saturated heterocycles. The lowest BCUT2D eigenvalue weighted by Crippen LogP contribution is -2.34. The fourth-order valence-electron chi connectivity index (χ4n) is 3.16. The molecule has 10 heteroatoms. The Labute approximate surface area is 176 Å². The van der Waals surface area contributed by atoms with Crippen LogP contribution >= 0.6 is 11.9 Å². The number of hydrogen-bond acceptors (Lipinski definition) is 6. The van der Waals surface area contributed by atoms with E-state index in [0.717, 1.165) is 29.5 Å². The topological polar surface area (TPSA) is 71.0 Å². The van der Waals surface area contributed by atoms with Gasteiger partial charge in [0, 0.05) is 18.0 Å². The highest BCUT2D eigenvalue weighted by molar-refractivity contribution is 7.97. The minimum atomic E-state index is -4.71. The highest BCUT2D eigenvalue weighted by Crippen LogP contribution is 2.38. The number of carbonyl (C=O) groups is 1. The lowest BCUT2D eigenvalue weighted by Gasteiger charge is -2.31. The normalized spacial score (nSPS) is 15.6. The van der Waals surface area contributed by atoms with Gasteiger partial charge in [-0.25, -0.2) is 9.79 Å². The van der Waals surface area contributed by atoms with Crippen molar-refractivity contribution in [1.29, 1.82) is 0 Å². The summed E-state index contributed by atoms with van der Waals surface area (Å²) in [5.74, 6) is 0.266. The van der Waals surface area contributed by atoms with Gasteiger partial charge in [-0.3, -0.25) is 10.0 Å². The van der Waals surface area contributed by atoms with Gasteiger partial charge < -0.3 is 9.47 Å². The number of rotatable bonds is 6. The Morgan fingerprint density at radius 1 is 1.13 bits per heavy atom. The zero-order valence-electron chi connectivity index (χ0n) is 16.1. The number of amides is 1. The molecule has 1 aliphatic rings. The molecule has 2 N–H and O–H groups in total. The molecular weight excluding hydrogens is 421 g/mol. The average molecular weight is 442 g/mol. The summed E-state index contributed by atoms with van der Waals surface area (Å²) in [5, 5.41) is 8.90. The molecule has 162 valence electrons. The van der Waals surface area contributed by atoms with Gasteiger partial charge >= 0.3 is 6.18 Å². The van der Waals surface area contributed by atoms with E-state index in [2.05, 4.69) is 0 Å². The number of nitrogens with zero attached hydrogens (tertiary/aromatic N) is 1. The van der Waals surface area contributed by atoms with Crippen molar-refractivity contribution in [2.24, 2.45) is 0 Å². The zero-order chi connectivity index (χ0) is 21.7. The zero-order valence-corrected chi connectivity index (χ0v) is 16.9. The number of piperidine rings is 1. The fraction of sp³-hybridized carbons (Fsp3) is 0.350. The van der Waals surface area contributed by atoms with E-state index in [9.17, 15) is 18.0 Å². The van der Waals surface area contributed by atoms with Crippen molar-refractivity contribution in [2.75, 3.05) is 20.2 Å². The molecule has 0 aliphatic carbocycles. The molecule has 0 aromatic heterocycles. The molecule has 2 aromatic carbocycles. The predicted molar refractivity (Wildman–Crippen MR) is 105 cm³/mol. The van der Waals surface area contributed by atoms with Crippen molar-refractivity contribution >= 4 is 17.9 Å². The fourth-order valence-corrected chi connectivity index (χ4v) is 4.27. The van der Waals surface area contributed by atoms with Gasteiger partial charge in [-0.05, 0) is 61.2 Å². The van der Waals surface area contributed by atoms with E-state index in [1.807, 2.05) is 28.6 Å². The SMILES string of the molecule is COc1ccc(OC2CCN(Sc3cccc(C(F)(F)F)c3C(=O)NO)CC2)cc1. The van der Waals surface area contributed by atoms with Crippen LogP contribution in [0.1, 0.15) is 28.8 Å². The summed E-state index contributed by atoms with van der Waals surface area (Å²) >= 11 is 1.07. The van der Waals surface area contributed by atoms with Crippen LogP contribution in [0.15, 0.2) is 47.4 Å². The van der Waals surface area contributed by atoms with Gasteiger partial charge in [-0.15, -0.1) is 0 Å². The number of benzene rings is 2. The highest BCUT2D eigenvalue weighted by atomic mass is 32.2. The second-order valence-corrected chi connectivity index (χ2v) is 7.77. The maximum atomic E-state index is 13.3. The summed E-state index contributed by atoms with van der Waals surface area (Å²) in [6, 6.07) is 10.8. The Kier molecular flexibility index (Phi) is 7.11. The van der Waals surface area contributed by atoms with Gasteiger partial charge in [0.25, 0.3) is 5.91 Å². The summed E-state index contributed by atoms with van der Waals surface area (Å²) in [6.45, 7) is 1.14. The van der Waals surface area contributed by atoms with E-state index >= 15 is 0 Å². The van der Waals surface area contributed by atoms with Gasteiger partial charge in [0.05, 0.1) is 18.2 Å². The molecule has 0 unspecified atom stereocenters.